The van der Waals surface area contributed by atoms with E-state index in [0.29, 0.717) is 38.7 Å². The van der Waals surface area contributed by atoms with Crippen LogP contribution in [0.5, 0.6) is 0 Å². The van der Waals surface area contributed by atoms with E-state index in [9.17, 15) is 17.6 Å². The molecule has 0 spiro atoms. The van der Waals surface area contributed by atoms with Crippen molar-refractivity contribution < 1.29 is 17.6 Å². The van der Waals surface area contributed by atoms with Crippen molar-refractivity contribution in [3.05, 3.63) is 35.8 Å². The zero-order chi connectivity index (χ0) is 20.3. The van der Waals surface area contributed by atoms with E-state index in [1.807, 2.05) is 11.1 Å². The van der Waals surface area contributed by atoms with Crippen molar-refractivity contribution in [3.63, 3.8) is 0 Å². The first kappa shape index (κ1) is 20.4. The van der Waals surface area contributed by atoms with Gasteiger partial charge in [-0.15, -0.1) is 0 Å². The maximum Gasteiger partial charge on any atom is 0.403 e. The SMILES string of the molecule is CN=C(NCCc1c[nH]c2cc(F)ccc12)N1CCN(C(C)C(F)(F)F)CC1. The molecule has 0 saturated carbocycles. The highest BCUT2D eigenvalue weighted by Gasteiger charge is 2.41. The average molecular weight is 399 g/mol. The third-order valence-corrected chi connectivity index (χ3v) is 5.25. The van der Waals surface area contributed by atoms with Gasteiger partial charge in [-0.05, 0) is 37.1 Å². The molecular formula is C19H25F4N5. The summed E-state index contributed by atoms with van der Waals surface area (Å²) in [4.78, 5) is 10.8. The molecule has 5 nitrogen and oxygen atoms in total. The second-order valence-corrected chi connectivity index (χ2v) is 6.97. The number of guanidine groups is 1. The molecule has 1 aromatic heterocycles. The van der Waals surface area contributed by atoms with Crippen molar-refractivity contribution in [1.29, 1.82) is 0 Å². The number of nitrogens with one attached hydrogen (secondary N) is 2. The number of benzene rings is 1. The minimum absolute atomic E-state index is 0.279. The highest BCUT2D eigenvalue weighted by molar-refractivity contribution is 5.83. The summed E-state index contributed by atoms with van der Waals surface area (Å²) in [5.41, 5.74) is 1.83. The molecule has 3 rings (SSSR count). The van der Waals surface area contributed by atoms with Gasteiger partial charge in [-0.3, -0.25) is 9.89 Å². The Morgan fingerprint density at radius 2 is 1.96 bits per heavy atom. The maximum absolute atomic E-state index is 13.3. The van der Waals surface area contributed by atoms with E-state index in [4.69, 9.17) is 0 Å². The van der Waals surface area contributed by atoms with Crippen LogP contribution in [0.2, 0.25) is 0 Å². The van der Waals surface area contributed by atoms with Gasteiger partial charge in [0, 0.05) is 56.9 Å². The van der Waals surface area contributed by atoms with Gasteiger partial charge in [0.05, 0.1) is 0 Å². The smallest absolute Gasteiger partial charge is 0.361 e. The van der Waals surface area contributed by atoms with Gasteiger partial charge in [-0.25, -0.2) is 4.39 Å². The van der Waals surface area contributed by atoms with Crippen LogP contribution in [0, 0.1) is 5.82 Å². The van der Waals surface area contributed by atoms with Crippen LogP contribution in [0.3, 0.4) is 0 Å². The Balaban J connectivity index is 1.51. The van der Waals surface area contributed by atoms with E-state index in [2.05, 4.69) is 15.3 Å². The molecule has 1 unspecified atom stereocenters. The van der Waals surface area contributed by atoms with Gasteiger partial charge < -0.3 is 15.2 Å². The molecule has 28 heavy (non-hydrogen) atoms. The standard InChI is InChI=1S/C19H25F4N5/c1-13(19(21,22)23)27-7-9-28(10-8-27)18(24-2)25-6-5-14-12-26-17-11-15(20)3-4-16(14)17/h3-4,11-13,26H,5-10H2,1-2H3,(H,24,25). The molecule has 1 aliphatic rings. The van der Waals surface area contributed by atoms with E-state index in [1.54, 1.807) is 13.1 Å². The maximum atomic E-state index is 13.3. The summed E-state index contributed by atoms with van der Waals surface area (Å²) in [7, 11) is 1.67. The summed E-state index contributed by atoms with van der Waals surface area (Å²) < 4.78 is 51.9. The van der Waals surface area contributed by atoms with Gasteiger partial charge in [-0.2, -0.15) is 13.2 Å². The number of aromatic amines is 1. The van der Waals surface area contributed by atoms with E-state index in [1.165, 1.54) is 24.0 Å². The lowest BCUT2D eigenvalue weighted by Crippen LogP contribution is -2.56. The molecule has 1 atom stereocenters. The largest absolute Gasteiger partial charge is 0.403 e. The normalized spacial score (nSPS) is 17.9. The number of alkyl halides is 3. The fourth-order valence-corrected chi connectivity index (χ4v) is 3.53. The minimum atomic E-state index is -4.20. The van der Waals surface area contributed by atoms with Gasteiger partial charge in [0.15, 0.2) is 5.96 Å². The van der Waals surface area contributed by atoms with Crippen LogP contribution in [-0.2, 0) is 6.42 Å². The number of fused-ring (bicyclic) bond motifs is 1. The Morgan fingerprint density at radius 1 is 1.25 bits per heavy atom. The average Bonchev–Trinajstić information content (AvgIpc) is 3.06. The number of H-pyrrole nitrogens is 1. The number of aliphatic imine (C=N–C) groups is 1. The van der Waals surface area contributed by atoms with Gasteiger partial charge in [-0.1, -0.05) is 0 Å². The van der Waals surface area contributed by atoms with Gasteiger partial charge in [0.25, 0.3) is 0 Å². The number of rotatable bonds is 4. The summed E-state index contributed by atoms with van der Waals surface area (Å²) in [5.74, 6) is 0.406. The van der Waals surface area contributed by atoms with E-state index in [0.717, 1.165) is 22.9 Å². The first-order chi connectivity index (χ1) is 13.3. The van der Waals surface area contributed by atoms with E-state index >= 15 is 0 Å². The molecule has 2 heterocycles. The third kappa shape index (κ3) is 4.57. The van der Waals surface area contributed by atoms with Crippen LogP contribution >= 0.6 is 0 Å². The Labute approximate surface area is 161 Å². The highest BCUT2D eigenvalue weighted by Crippen LogP contribution is 2.25. The molecule has 154 valence electrons. The molecule has 2 aromatic rings. The molecule has 1 fully saturated rings. The Bertz CT molecular complexity index is 821. The van der Waals surface area contributed by atoms with Crippen LogP contribution in [0.15, 0.2) is 29.4 Å². The molecule has 0 aliphatic carbocycles. The Morgan fingerprint density at radius 3 is 2.61 bits per heavy atom. The minimum Gasteiger partial charge on any atom is -0.361 e. The third-order valence-electron chi connectivity index (χ3n) is 5.25. The summed E-state index contributed by atoms with van der Waals surface area (Å²) in [6.45, 7) is 3.50. The van der Waals surface area contributed by atoms with Crippen LogP contribution in [-0.4, -0.2) is 72.7 Å². The molecule has 1 aromatic carbocycles. The number of halogens is 4. The number of hydrogen-bond acceptors (Lipinski definition) is 2. The van der Waals surface area contributed by atoms with Crippen molar-refractivity contribution >= 4 is 16.9 Å². The van der Waals surface area contributed by atoms with Gasteiger partial charge >= 0.3 is 6.18 Å². The molecule has 0 radical (unpaired) electrons. The number of piperazine rings is 1. The van der Waals surface area contributed by atoms with Crippen LogP contribution in [0.25, 0.3) is 10.9 Å². The molecule has 0 amide bonds. The van der Waals surface area contributed by atoms with E-state index in [-0.39, 0.29) is 5.82 Å². The number of nitrogens with zero attached hydrogens (tertiary/aromatic N) is 3. The van der Waals surface area contributed by atoms with Crippen molar-refractivity contribution in [2.75, 3.05) is 39.8 Å². The fourth-order valence-electron chi connectivity index (χ4n) is 3.53. The molecule has 9 heteroatoms. The first-order valence-corrected chi connectivity index (χ1v) is 9.31. The summed E-state index contributed by atoms with van der Waals surface area (Å²) >= 11 is 0. The van der Waals surface area contributed by atoms with Gasteiger partial charge in [0.1, 0.15) is 11.9 Å². The lowest BCUT2D eigenvalue weighted by atomic mass is 10.1. The Hall–Kier alpha value is -2.29. The van der Waals surface area contributed by atoms with Crippen LogP contribution in [0.4, 0.5) is 17.6 Å². The zero-order valence-electron chi connectivity index (χ0n) is 16.0. The van der Waals surface area contributed by atoms with Crippen LogP contribution in [0.1, 0.15) is 12.5 Å². The fraction of sp³-hybridized carbons (Fsp3) is 0.526. The second-order valence-electron chi connectivity index (χ2n) is 6.97. The van der Waals surface area contributed by atoms with Crippen molar-refractivity contribution in [2.45, 2.75) is 25.6 Å². The monoisotopic (exact) mass is 399 g/mol. The lowest BCUT2D eigenvalue weighted by Gasteiger charge is -2.39. The lowest BCUT2D eigenvalue weighted by molar-refractivity contribution is -0.181. The summed E-state index contributed by atoms with van der Waals surface area (Å²) in [6, 6.07) is 3.23. The second kappa shape index (κ2) is 8.38. The van der Waals surface area contributed by atoms with E-state index < -0.39 is 12.2 Å². The molecule has 0 bridgehead atoms. The van der Waals surface area contributed by atoms with Crippen molar-refractivity contribution in [3.8, 4) is 0 Å². The van der Waals surface area contributed by atoms with Crippen molar-refractivity contribution in [1.82, 2.24) is 20.1 Å². The predicted octanol–water partition coefficient (Wildman–Crippen LogP) is 2.99. The molecule has 1 aliphatic heterocycles. The highest BCUT2D eigenvalue weighted by atomic mass is 19.4. The first-order valence-electron chi connectivity index (χ1n) is 9.31. The van der Waals surface area contributed by atoms with Gasteiger partial charge in [0.2, 0.25) is 0 Å². The summed E-state index contributed by atoms with van der Waals surface area (Å²) in [5, 5.41) is 4.25. The Kier molecular flexibility index (Phi) is 6.12. The zero-order valence-corrected chi connectivity index (χ0v) is 16.0. The number of hydrogen-bond donors (Lipinski definition) is 2. The summed E-state index contributed by atoms with van der Waals surface area (Å²) in [6.07, 6.45) is -1.62. The topological polar surface area (TPSA) is 46.7 Å². The van der Waals surface area contributed by atoms with Crippen molar-refractivity contribution in [2.24, 2.45) is 4.99 Å². The number of aromatic nitrogens is 1. The quantitative estimate of drug-likeness (QED) is 0.472. The molecule has 1 saturated heterocycles. The molecule has 2 N–H and O–H groups in total. The van der Waals surface area contributed by atoms with Crippen LogP contribution < -0.4 is 5.32 Å². The molecular weight excluding hydrogens is 374 g/mol. The predicted molar refractivity (Wildman–Crippen MR) is 102 cm³/mol.